The maximum absolute atomic E-state index is 10.4. The summed E-state index contributed by atoms with van der Waals surface area (Å²) >= 11 is 0. The molecule has 2 heterocycles. The number of aromatic nitrogens is 1. The highest BCUT2D eigenvalue weighted by atomic mass is 16.5. The molecule has 0 bridgehead atoms. The van der Waals surface area contributed by atoms with Gasteiger partial charge in [-0.2, -0.15) is 0 Å². The standard InChI is InChI=1S/C25H25N3O5/c26-24(33-25(27)20-6-1-2-11-28-20)16-9-7-15(8-10-16)17-4-3-5-18(12-17)23-22(31)21(30)13-19(14-29)32-23/h1-12,19,21-23,26-27,29-31H,13-14H2/t19?,21?,22?,23-/m1/s1. The highest BCUT2D eigenvalue weighted by Crippen LogP contribution is 2.34. The van der Waals surface area contributed by atoms with E-state index in [1.165, 1.54) is 0 Å². The molecular formula is C25H25N3O5. The molecule has 5 N–H and O–H groups in total. The summed E-state index contributed by atoms with van der Waals surface area (Å²) in [6.07, 6.45) is -1.60. The zero-order valence-electron chi connectivity index (χ0n) is 17.8. The van der Waals surface area contributed by atoms with Crippen LogP contribution in [0.4, 0.5) is 0 Å². The number of ether oxygens (including phenoxy) is 2. The molecule has 1 fully saturated rings. The Labute approximate surface area is 191 Å². The van der Waals surface area contributed by atoms with Gasteiger partial charge in [0.1, 0.15) is 17.9 Å². The van der Waals surface area contributed by atoms with E-state index in [-0.39, 0.29) is 24.8 Å². The Bertz CT molecular complexity index is 1120. The quantitative estimate of drug-likeness (QED) is 0.301. The zero-order valence-corrected chi connectivity index (χ0v) is 17.8. The molecule has 2 aromatic carbocycles. The van der Waals surface area contributed by atoms with Gasteiger partial charge in [-0.05, 0) is 47.0 Å². The van der Waals surface area contributed by atoms with Crippen molar-refractivity contribution in [3.8, 4) is 11.1 Å². The van der Waals surface area contributed by atoms with Crippen LogP contribution in [0.25, 0.3) is 11.1 Å². The lowest BCUT2D eigenvalue weighted by atomic mass is 9.91. The molecule has 8 heteroatoms. The molecular weight excluding hydrogens is 422 g/mol. The molecule has 4 rings (SSSR count). The highest BCUT2D eigenvalue weighted by Gasteiger charge is 2.37. The third-order valence-electron chi connectivity index (χ3n) is 5.55. The third-order valence-corrected chi connectivity index (χ3v) is 5.55. The predicted octanol–water partition coefficient (Wildman–Crippen LogP) is 2.66. The first-order valence-corrected chi connectivity index (χ1v) is 10.6. The van der Waals surface area contributed by atoms with Gasteiger partial charge >= 0.3 is 0 Å². The molecule has 0 spiro atoms. The summed E-state index contributed by atoms with van der Waals surface area (Å²) in [4.78, 5) is 4.04. The fourth-order valence-electron chi connectivity index (χ4n) is 3.77. The van der Waals surface area contributed by atoms with E-state index in [1.54, 1.807) is 36.5 Å². The van der Waals surface area contributed by atoms with Crippen LogP contribution in [0.15, 0.2) is 72.9 Å². The van der Waals surface area contributed by atoms with Crippen LogP contribution < -0.4 is 0 Å². The smallest absolute Gasteiger partial charge is 0.239 e. The molecule has 0 saturated carbocycles. The van der Waals surface area contributed by atoms with Crippen molar-refractivity contribution in [3.63, 3.8) is 0 Å². The van der Waals surface area contributed by atoms with Crippen molar-refractivity contribution in [2.24, 2.45) is 0 Å². The monoisotopic (exact) mass is 447 g/mol. The van der Waals surface area contributed by atoms with Crippen molar-refractivity contribution < 1.29 is 24.8 Å². The summed E-state index contributed by atoms with van der Waals surface area (Å²) in [6, 6.07) is 19.7. The average Bonchev–Trinajstić information content (AvgIpc) is 2.86. The maximum atomic E-state index is 10.4. The van der Waals surface area contributed by atoms with Crippen LogP contribution in [0.5, 0.6) is 0 Å². The number of aliphatic hydroxyl groups is 3. The van der Waals surface area contributed by atoms with Gasteiger partial charge in [0.05, 0.1) is 18.8 Å². The molecule has 3 unspecified atom stereocenters. The van der Waals surface area contributed by atoms with Crippen molar-refractivity contribution in [1.29, 1.82) is 10.8 Å². The van der Waals surface area contributed by atoms with Crippen molar-refractivity contribution in [3.05, 3.63) is 89.7 Å². The number of aliphatic hydroxyl groups excluding tert-OH is 3. The Kier molecular flexibility index (Phi) is 6.90. The first-order chi connectivity index (χ1) is 16.0. The Morgan fingerprint density at radius 3 is 2.45 bits per heavy atom. The Morgan fingerprint density at radius 1 is 0.970 bits per heavy atom. The van der Waals surface area contributed by atoms with Crippen LogP contribution in [0.3, 0.4) is 0 Å². The fraction of sp³-hybridized carbons (Fsp3) is 0.240. The van der Waals surface area contributed by atoms with Gasteiger partial charge in [0.2, 0.25) is 11.8 Å². The van der Waals surface area contributed by atoms with Gasteiger partial charge in [-0.25, -0.2) is 0 Å². The van der Waals surface area contributed by atoms with Crippen molar-refractivity contribution in [2.45, 2.75) is 30.8 Å². The minimum atomic E-state index is -1.09. The Balaban J connectivity index is 1.49. The molecule has 4 atom stereocenters. The molecule has 3 aromatic rings. The number of nitrogens with zero attached hydrogens (tertiary/aromatic N) is 1. The second-order valence-electron chi connectivity index (χ2n) is 7.83. The van der Waals surface area contributed by atoms with Gasteiger partial charge in [0, 0.05) is 18.2 Å². The molecule has 0 aliphatic carbocycles. The lowest BCUT2D eigenvalue weighted by Crippen LogP contribution is -2.44. The second kappa shape index (κ2) is 10.0. The molecule has 1 aliphatic rings. The summed E-state index contributed by atoms with van der Waals surface area (Å²) in [5.74, 6) is -0.361. The SMILES string of the molecule is N=C(OC(=N)c1ccccn1)c1ccc(-c2cccc([C@H]3OC(CO)CC(O)C3O)c2)cc1. The first-order valence-electron chi connectivity index (χ1n) is 10.6. The number of rotatable bonds is 5. The summed E-state index contributed by atoms with van der Waals surface area (Å²) in [5.41, 5.74) is 3.29. The lowest BCUT2D eigenvalue weighted by molar-refractivity contribution is -0.179. The normalized spacial score (nSPS) is 22.5. The molecule has 170 valence electrons. The van der Waals surface area contributed by atoms with E-state index < -0.39 is 24.4 Å². The molecule has 33 heavy (non-hydrogen) atoms. The largest absolute Gasteiger partial charge is 0.419 e. The first kappa shape index (κ1) is 22.8. The fourth-order valence-corrected chi connectivity index (χ4v) is 3.77. The number of pyridine rings is 1. The molecule has 0 radical (unpaired) electrons. The van der Waals surface area contributed by atoms with E-state index >= 15 is 0 Å². The summed E-state index contributed by atoms with van der Waals surface area (Å²) in [7, 11) is 0. The topological polar surface area (TPSA) is 140 Å². The molecule has 1 aromatic heterocycles. The minimum absolute atomic E-state index is 0.159. The van der Waals surface area contributed by atoms with Crippen molar-refractivity contribution in [1.82, 2.24) is 4.98 Å². The lowest BCUT2D eigenvalue weighted by Gasteiger charge is -2.37. The highest BCUT2D eigenvalue weighted by molar-refractivity contribution is 6.04. The molecule has 1 aliphatic heterocycles. The maximum Gasteiger partial charge on any atom is 0.239 e. The van der Waals surface area contributed by atoms with E-state index in [4.69, 9.17) is 20.3 Å². The number of hydrogen-bond donors (Lipinski definition) is 5. The average molecular weight is 447 g/mol. The predicted molar refractivity (Wildman–Crippen MR) is 122 cm³/mol. The van der Waals surface area contributed by atoms with E-state index in [1.807, 2.05) is 36.4 Å². The third kappa shape index (κ3) is 5.15. The van der Waals surface area contributed by atoms with Crippen LogP contribution >= 0.6 is 0 Å². The molecule has 1 saturated heterocycles. The number of nitrogens with one attached hydrogen (secondary N) is 2. The van der Waals surface area contributed by atoms with E-state index in [0.717, 1.165) is 11.1 Å². The van der Waals surface area contributed by atoms with Gasteiger partial charge in [0.15, 0.2) is 0 Å². The van der Waals surface area contributed by atoms with Gasteiger partial charge in [-0.15, -0.1) is 0 Å². The van der Waals surface area contributed by atoms with Crippen LogP contribution in [-0.2, 0) is 9.47 Å². The van der Waals surface area contributed by atoms with Crippen molar-refractivity contribution in [2.75, 3.05) is 6.61 Å². The van der Waals surface area contributed by atoms with Crippen LogP contribution in [0.1, 0.15) is 29.3 Å². The van der Waals surface area contributed by atoms with Gasteiger partial charge in [-0.1, -0.05) is 36.4 Å². The van der Waals surface area contributed by atoms with Gasteiger partial charge in [0.25, 0.3) is 0 Å². The van der Waals surface area contributed by atoms with E-state index in [2.05, 4.69) is 4.98 Å². The van der Waals surface area contributed by atoms with E-state index in [0.29, 0.717) is 16.8 Å². The minimum Gasteiger partial charge on any atom is -0.419 e. The Hall–Kier alpha value is -3.43. The van der Waals surface area contributed by atoms with E-state index in [9.17, 15) is 15.3 Å². The number of benzene rings is 2. The van der Waals surface area contributed by atoms with Crippen LogP contribution in [0.2, 0.25) is 0 Å². The van der Waals surface area contributed by atoms with Gasteiger partial charge < -0.3 is 24.8 Å². The molecule has 8 nitrogen and oxygen atoms in total. The molecule has 0 amide bonds. The summed E-state index contributed by atoms with van der Waals surface area (Å²) < 4.78 is 11.1. The summed E-state index contributed by atoms with van der Waals surface area (Å²) in [6.45, 7) is -0.229. The second-order valence-corrected chi connectivity index (χ2v) is 7.83. The number of hydrogen-bond acceptors (Lipinski definition) is 8. The Morgan fingerprint density at radius 2 is 1.76 bits per heavy atom. The van der Waals surface area contributed by atoms with Crippen LogP contribution in [-0.4, -0.2) is 57.0 Å². The van der Waals surface area contributed by atoms with Crippen LogP contribution in [0, 0.1) is 10.8 Å². The van der Waals surface area contributed by atoms with Gasteiger partial charge in [-0.3, -0.25) is 15.8 Å². The zero-order chi connectivity index (χ0) is 23.4. The summed E-state index contributed by atoms with van der Waals surface area (Å²) in [5, 5.41) is 46.1. The van der Waals surface area contributed by atoms with Crippen molar-refractivity contribution >= 4 is 11.8 Å².